The van der Waals surface area contributed by atoms with Crippen LogP contribution in [-0.4, -0.2) is 9.55 Å². The van der Waals surface area contributed by atoms with Gasteiger partial charge in [0.15, 0.2) is 0 Å². The van der Waals surface area contributed by atoms with Crippen molar-refractivity contribution in [3.63, 3.8) is 0 Å². The Bertz CT molecular complexity index is 774. The van der Waals surface area contributed by atoms with Gasteiger partial charge in [0, 0.05) is 9.90 Å². The lowest BCUT2D eigenvalue weighted by molar-refractivity contribution is 0.746. The van der Waals surface area contributed by atoms with Crippen LogP contribution in [-0.2, 0) is 13.0 Å². The number of nitrogens with zero attached hydrogens (tertiary/aromatic N) is 2. The molecule has 0 saturated heterocycles. The van der Waals surface area contributed by atoms with Crippen LogP contribution < -0.4 is 0 Å². The lowest BCUT2D eigenvalue weighted by Crippen LogP contribution is -2.06. The quantitative estimate of drug-likeness (QED) is 0.561. The minimum Gasteiger partial charge on any atom is -0.321 e. The third-order valence-electron chi connectivity index (χ3n) is 3.62. The molecule has 0 amide bonds. The number of alkyl halides is 1. The maximum absolute atomic E-state index is 6.32. The van der Waals surface area contributed by atoms with E-state index >= 15 is 0 Å². The molecule has 0 aliphatic heterocycles. The van der Waals surface area contributed by atoms with Crippen molar-refractivity contribution in [3.8, 4) is 0 Å². The van der Waals surface area contributed by atoms with Crippen molar-refractivity contribution in [1.82, 2.24) is 9.55 Å². The number of rotatable bonds is 4. The second-order valence-electron chi connectivity index (χ2n) is 5.03. The molecule has 21 heavy (non-hydrogen) atoms. The fourth-order valence-electron chi connectivity index (χ4n) is 2.56. The van der Waals surface area contributed by atoms with Crippen LogP contribution in [0.5, 0.6) is 0 Å². The zero-order valence-corrected chi connectivity index (χ0v) is 14.3. The maximum Gasteiger partial charge on any atom is 0.128 e. The van der Waals surface area contributed by atoms with Gasteiger partial charge >= 0.3 is 0 Å². The molecule has 110 valence electrons. The molecule has 1 aromatic carbocycles. The van der Waals surface area contributed by atoms with Crippen molar-refractivity contribution in [2.45, 2.75) is 32.2 Å². The first-order valence-electron chi connectivity index (χ1n) is 6.95. The van der Waals surface area contributed by atoms with Gasteiger partial charge in [0.25, 0.3) is 0 Å². The topological polar surface area (TPSA) is 17.8 Å². The molecule has 0 radical (unpaired) electrons. The Morgan fingerprint density at radius 3 is 2.86 bits per heavy atom. The Morgan fingerprint density at radius 1 is 1.33 bits per heavy atom. The second-order valence-corrected chi connectivity index (χ2v) is 7.12. The number of hydrogen-bond acceptors (Lipinski definition) is 2. The highest BCUT2D eigenvalue weighted by atomic mass is 35.5. The highest BCUT2D eigenvalue weighted by molar-refractivity contribution is 7.10. The van der Waals surface area contributed by atoms with Gasteiger partial charge in [-0.15, -0.1) is 22.9 Å². The van der Waals surface area contributed by atoms with Gasteiger partial charge in [0.05, 0.1) is 23.0 Å². The minimum atomic E-state index is -0.138. The molecule has 0 bridgehead atoms. The first-order chi connectivity index (χ1) is 10.1. The number of hydrogen-bond donors (Lipinski definition) is 0. The van der Waals surface area contributed by atoms with E-state index in [0.717, 1.165) is 29.8 Å². The number of halogens is 2. The monoisotopic (exact) mass is 338 g/mol. The molecule has 3 rings (SSSR count). The van der Waals surface area contributed by atoms with Crippen LogP contribution >= 0.6 is 34.5 Å². The molecule has 0 N–H and O–H groups in total. The van der Waals surface area contributed by atoms with Crippen molar-refractivity contribution in [2.24, 2.45) is 0 Å². The molecule has 5 heteroatoms. The highest BCUT2D eigenvalue weighted by Crippen LogP contribution is 2.29. The summed E-state index contributed by atoms with van der Waals surface area (Å²) in [6.45, 7) is 4.95. The van der Waals surface area contributed by atoms with Gasteiger partial charge in [-0.2, -0.15) is 0 Å². The van der Waals surface area contributed by atoms with Crippen LogP contribution in [0.2, 0.25) is 5.02 Å². The number of fused-ring (bicyclic) bond motifs is 1. The average molecular weight is 339 g/mol. The molecule has 1 atom stereocenters. The van der Waals surface area contributed by atoms with E-state index in [-0.39, 0.29) is 5.38 Å². The van der Waals surface area contributed by atoms with E-state index in [1.807, 2.05) is 25.1 Å². The van der Waals surface area contributed by atoms with Crippen molar-refractivity contribution in [3.05, 3.63) is 50.9 Å². The number of aryl methyl sites for hydroxylation is 1. The predicted octanol–water partition coefficient (Wildman–Crippen LogP) is 5.66. The number of thiophene rings is 1. The van der Waals surface area contributed by atoms with E-state index in [9.17, 15) is 0 Å². The van der Waals surface area contributed by atoms with Gasteiger partial charge in [-0.05, 0) is 48.6 Å². The third-order valence-corrected chi connectivity index (χ3v) is 4.99. The van der Waals surface area contributed by atoms with Crippen LogP contribution in [0.3, 0.4) is 0 Å². The summed E-state index contributed by atoms with van der Waals surface area (Å²) in [5.74, 6) is 0.893. The van der Waals surface area contributed by atoms with E-state index in [0.29, 0.717) is 5.02 Å². The SMILES string of the molecule is CCc1ccsc1Cn1c(C(C)Cl)nc2cc(Cl)ccc21. The average Bonchev–Trinajstić information content (AvgIpc) is 3.03. The van der Waals surface area contributed by atoms with Crippen molar-refractivity contribution >= 4 is 45.6 Å². The molecule has 0 saturated carbocycles. The highest BCUT2D eigenvalue weighted by Gasteiger charge is 2.16. The molecule has 0 aliphatic carbocycles. The molecule has 0 spiro atoms. The van der Waals surface area contributed by atoms with Gasteiger partial charge < -0.3 is 4.57 Å². The molecular weight excluding hydrogens is 323 g/mol. The van der Waals surface area contributed by atoms with Crippen LogP contribution in [0.1, 0.15) is 35.5 Å². The molecule has 0 fully saturated rings. The van der Waals surface area contributed by atoms with Crippen LogP contribution in [0, 0.1) is 0 Å². The summed E-state index contributed by atoms with van der Waals surface area (Å²) in [4.78, 5) is 6.03. The Balaban J connectivity index is 2.13. The van der Waals surface area contributed by atoms with Gasteiger partial charge in [-0.3, -0.25) is 0 Å². The summed E-state index contributed by atoms with van der Waals surface area (Å²) < 4.78 is 2.20. The molecule has 1 unspecified atom stereocenters. The molecule has 0 aliphatic rings. The second kappa shape index (κ2) is 5.99. The molecule has 2 heterocycles. The normalized spacial score (nSPS) is 13.0. The van der Waals surface area contributed by atoms with E-state index in [2.05, 4.69) is 27.9 Å². The summed E-state index contributed by atoms with van der Waals surface area (Å²) in [6, 6.07) is 8.01. The zero-order valence-electron chi connectivity index (χ0n) is 11.9. The molecular formula is C16H16Cl2N2S. The summed E-state index contributed by atoms with van der Waals surface area (Å²) in [5.41, 5.74) is 3.38. The summed E-state index contributed by atoms with van der Waals surface area (Å²) in [6.07, 6.45) is 1.04. The molecule has 2 nitrogen and oxygen atoms in total. The fourth-order valence-corrected chi connectivity index (χ4v) is 3.85. The van der Waals surface area contributed by atoms with Crippen LogP contribution in [0.4, 0.5) is 0 Å². The lowest BCUT2D eigenvalue weighted by atomic mass is 10.2. The number of aromatic nitrogens is 2. The fraction of sp³-hybridized carbons (Fsp3) is 0.312. The van der Waals surface area contributed by atoms with E-state index in [1.54, 1.807) is 11.3 Å². The zero-order chi connectivity index (χ0) is 15.0. The number of benzene rings is 1. The van der Waals surface area contributed by atoms with Crippen molar-refractivity contribution < 1.29 is 0 Å². The Hall–Kier alpha value is -1.03. The minimum absolute atomic E-state index is 0.138. The maximum atomic E-state index is 6.32. The summed E-state index contributed by atoms with van der Waals surface area (Å²) >= 11 is 14.2. The standard InChI is InChI=1S/C16H16Cl2N2S/c1-3-11-6-7-21-15(11)9-20-14-5-4-12(18)8-13(14)19-16(20)10(2)17/h4-8,10H,3,9H2,1-2H3. The Labute approximate surface area is 138 Å². The predicted molar refractivity (Wildman–Crippen MR) is 91.8 cm³/mol. The molecule has 3 aromatic rings. The van der Waals surface area contributed by atoms with E-state index in [1.165, 1.54) is 10.4 Å². The van der Waals surface area contributed by atoms with Crippen molar-refractivity contribution in [1.29, 1.82) is 0 Å². The number of imidazole rings is 1. The van der Waals surface area contributed by atoms with Gasteiger partial charge in [-0.25, -0.2) is 4.98 Å². The van der Waals surface area contributed by atoms with Gasteiger partial charge in [-0.1, -0.05) is 18.5 Å². The summed E-state index contributed by atoms with van der Waals surface area (Å²) in [7, 11) is 0. The van der Waals surface area contributed by atoms with Gasteiger partial charge in [0.2, 0.25) is 0 Å². The Morgan fingerprint density at radius 2 is 2.14 bits per heavy atom. The van der Waals surface area contributed by atoms with E-state index < -0.39 is 0 Å². The first-order valence-corrected chi connectivity index (χ1v) is 8.64. The van der Waals surface area contributed by atoms with Gasteiger partial charge in [0.1, 0.15) is 5.82 Å². The summed E-state index contributed by atoms with van der Waals surface area (Å²) in [5, 5.41) is 2.71. The van der Waals surface area contributed by atoms with E-state index in [4.69, 9.17) is 23.2 Å². The first kappa shape index (κ1) is 14.9. The van der Waals surface area contributed by atoms with Crippen LogP contribution in [0.25, 0.3) is 11.0 Å². The molecule has 2 aromatic heterocycles. The smallest absolute Gasteiger partial charge is 0.128 e. The lowest BCUT2D eigenvalue weighted by Gasteiger charge is -2.10. The van der Waals surface area contributed by atoms with Crippen LogP contribution in [0.15, 0.2) is 29.6 Å². The largest absolute Gasteiger partial charge is 0.321 e. The van der Waals surface area contributed by atoms with Crippen molar-refractivity contribution in [2.75, 3.05) is 0 Å². The third kappa shape index (κ3) is 2.83. The Kier molecular flexibility index (Phi) is 4.25.